The van der Waals surface area contributed by atoms with Crippen molar-refractivity contribution in [1.82, 2.24) is 0 Å². The summed E-state index contributed by atoms with van der Waals surface area (Å²) in [5.74, 6) is -0.788. The molecule has 0 aromatic heterocycles. The number of hydrogen-bond donors (Lipinski definition) is 0. The lowest BCUT2D eigenvalue weighted by molar-refractivity contribution is 0.0515. The van der Waals surface area contributed by atoms with E-state index in [4.69, 9.17) is 9.47 Å². The molecule has 0 unspecified atom stereocenters. The second kappa shape index (κ2) is 7.77. The van der Waals surface area contributed by atoms with Gasteiger partial charge in [-0.05, 0) is 51.0 Å². The number of hydrogen-bond acceptors (Lipinski definition) is 4. The van der Waals surface area contributed by atoms with E-state index in [-0.39, 0.29) is 0 Å². The predicted molar refractivity (Wildman–Crippen MR) is 93.3 cm³/mol. The lowest BCUT2D eigenvalue weighted by Crippen LogP contribution is -2.11. The molecule has 4 heteroatoms. The highest BCUT2D eigenvalue weighted by Gasteiger charge is 2.22. The second-order valence-corrected chi connectivity index (χ2v) is 5.44. The maximum Gasteiger partial charge on any atom is 0.338 e. The SMILES string of the molecule is CCOC(=O)c1cccc(C)c1-c1c(C)cccc1C(=O)OCC. The third-order valence-electron chi connectivity index (χ3n) is 3.79. The minimum atomic E-state index is -0.394. The highest BCUT2D eigenvalue weighted by atomic mass is 16.5. The van der Waals surface area contributed by atoms with Gasteiger partial charge in [0.15, 0.2) is 0 Å². The van der Waals surface area contributed by atoms with Crippen LogP contribution in [0.5, 0.6) is 0 Å². The Balaban J connectivity index is 2.73. The predicted octanol–water partition coefficient (Wildman–Crippen LogP) is 4.32. The minimum Gasteiger partial charge on any atom is -0.462 e. The van der Waals surface area contributed by atoms with Crippen LogP contribution in [0.2, 0.25) is 0 Å². The third kappa shape index (κ3) is 3.48. The number of ether oxygens (including phenoxy) is 2. The monoisotopic (exact) mass is 326 g/mol. The molecule has 2 aromatic carbocycles. The summed E-state index contributed by atoms with van der Waals surface area (Å²) in [5.41, 5.74) is 4.16. The molecule has 0 aliphatic rings. The summed E-state index contributed by atoms with van der Waals surface area (Å²) in [6.45, 7) is 7.96. The Morgan fingerprint density at radius 2 is 1.12 bits per heavy atom. The Morgan fingerprint density at radius 1 is 0.750 bits per heavy atom. The maximum absolute atomic E-state index is 12.4. The first kappa shape index (κ1) is 17.7. The zero-order valence-electron chi connectivity index (χ0n) is 14.5. The summed E-state index contributed by atoms with van der Waals surface area (Å²) in [7, 11) is 0. The van der Waals surface area contributed by atoms with E-state index in [0.29, 0.717) is 24.3 Å². The van der Waals surface area contributed by atoms with Crippen LogP contribution in [-0.4, -0.2) is 25.2 Å². The van der Waals surface area contributed by atoms with E-state index >= 15 is 0 Å². The summed E-state index contributed by atoms with van der Waals surface area (Å²) < 4.78 is 10.4. The van der Waals surface area contributed by atoms with Crippen molar-refractivity contribution in [2.45, 2.75) is 27.7 Å². The Bertz CT molecular complexity index is 697. The smallest absolute Gasteiger partial charge is 0.338 e. The molecular formula is C20H22O4. The molecule has 0 radical (unpaired) electrons. The van der Waals surface area contributed by atoms with Gasteiger partial charge in [0.2, 0.25) is 0 Å². The van der Waals surface area contributed by atoms with Crippen molar-refractivity contribution in [1.29, 1.82) is 0 Å². The van der Waals surface area contributed by atoms with Crippen molar-refractivity contribution in [3.8, 4) is 11.1 Å². The molecule has 0 aliphatic carbocycles. The highest BCUT2D eigenvalue weighted by molar-refractivity contribution is 6.04. The van der Waals surface area contributed by atoms with Gasteiger partial charge in [-0.3, -0.25) is 0 Å². The Morgan fingerprint density at radius 3 is 1.46 bits per heavy atom. The molecule has 24 heavy (non-hydrogen) atoms. The minimum absolute atomic E-state index is 0.296. The first-order chi connectivity index (χ1) is 11.5. The molecule has 0 aliphatic heterocycles. The van der Waals surface area contributed by atoms with Gasteiger partial charge >= 0.3 is 11.9 Å². The largest absolute Gasteiger partial charge is 0.462 e. The van der Waals surface area contributed by atoms with Gasteiger partial charge in [0.05, 0.1) is 24.3 Å². The summed E-state index contributed by atoms with van der Waals surface area (Å²) >= 11 is 0. The Labute approximate surface area is 142 Å². The van der Waals surface area contributed by atoms with Gasteiger partial charge in [0.25, 0.3) is 0 Å². The third-order valence-corrected chi connectivity index (χ3v) is 3.79. The lowest BCUT2D eigenvalue weighted by Gasteiger charge is -2.17. The van der Waals surface area contributed by atoms with Crippen molar-refractivity contribution in [2.75, 3.05) is 13.2 Å². The molecule has 0 atom stereocenters. The topological polar surface area (TPSA) is 52.6 Å². The molecule has 0 N–H and O–H groups in total. The molecule has 0 spiro atoms. The summed E-state index contributed by atoms with van der Waals surface area (Å²) in [6, 6.07) is 10.9. The number of aryl methyl sites for hydroxylation is 2. The van der Waals surface area contributed by atoms with Gasteiger partial charge in [-0.15, -0.1) is 0 Å². The second-order valence-electron chi connectivity index (χ2n) is 5.44. The molecule has 0 saturated carbocycles. The van der Waals surface area contributed by atoms with E-state index < -0.39 is 11.9 Å². The summed E-state index contributed by atoms with van der Waals surface area (Å²) in [4.78, 5) is 24.7. The van der Waals surface area contributed by atoms with Crippen LogP contribution in [0.3, 0.4) is 0 Å². The number of esters is 2. The number of benzene rings is 2. The van der Waals surface area contributed by atoms with Gasteiger partial charge in [-0.25, -0.2) is 9.59 Å². The molecule has 126 valence electrons. The van der Waals surface area contributed by atoms with Crippen LogP contribution < -0.4 is 0 Å². The van der Waals surface area contributed by atoms with Crippen LogP contribution >= 0.6 is 0 Å². The highest BCUT2D eigenvalue weighted by Crippen LogP contribution is 2.34. The average Bonchev–Trinajstić information content (AvgIpc) is 2.55. The van der Waals surface area contributed by atoms with Crippen molar-refractivity contribution < 1.29 is 19.1 Å². The van der Waals surface area contributed by atoms with Crippen molar-refractivity contribution in [3.05, 3.63) is 58.7 Å². The number of carbonyl (C=O) groups excluding carboxylic acids is 2. The zero-order chi connectivity index (χ0) is 17.7. The van der Waals surface area contributed by atoms with Crippen LogP contribution in [0.1, 0.15) is 45.7 Å². The van der Waals surface area contributed by atoms with Gasteiger partial charge in [0.1, 0.15) is 0 Å². The first-order valence-electron chi connectivity index (χ1n) is 8.05. The van der Waals surface area contributed by atoms with Crippen molar-refractivity contribution in [2.24, 2.45) is 0 Å². The number of rotatable bonds is 5. The molecule has 4 nitrogen and oxygen atoms in total. The molecule has 0 saturated heterocycles. The fraction of sp³-hybridized carbons (Fsp3) is 0.300. The molecule has 2 aromatic rings. The Kier molecular flexibility index (Phi) is 5.74. The fourth-order valence-electron chi connectivity index (χ4n) is 2.76. The van der Waals surface area contributed by atoms with Crippen LogP contribution in [0, 0.1) is 13.8 Å². The van der Waals surface area contributed by atoms with E-state index in [0.717, 1.165) is 22.3 Å². The van der Waals surface area contributed by atoms with Crippen molar-refractivity contribution >= 4 is 11.9 Å². The number of carbonyl (C=O) groups is 2. The lowest BCUT2D eigenvalue weighted by atomic mass is 9.88. The summed E-state index contributed by atoms with van der Waals surface area (Å²) in [5, 5.41) is 0. The van der Waals surface area contributed by atoms with Gasteiger partial charge in [0, 0.05) is 11.1 Å². The molecule has 0 heterocycles. The van der Waals surface area contributed by atoms with Crippen LogP contribution in [-0.2, 0) is 9.47 Å². The van der Waals surface area contributed by atoms with E-state index in [9.17, 15) is 9.59 Å². The maximum atomic E-state index is 12.4. The van der Waals surface area contributed by atoms with Gasteiger partial charge in [-0.2, -0.15) is 0 Å². The molecular weight excluding hydrogens is 304 g/mol. The average molecular weight is 326 g/mol. The molecule has 0 amide bonds. The van der Waals surface area contributed by atoms with E-state index in [1.807, 2.05) is 38.1 Å². The quantitative estimate of drug-likeness (QED) is 0.768. The van der Waals surface area contributed by atoms with E-state index in [1.54, 1.807) is 26.0 Å². The van der Waals surface area contributed by atoms with Gasteiger partial charge < -0.3 is 9.47 Å². The standard InChI is InChI=1S/C20H22O4/c1-5-23-19(21)15-11-7-9-13(3)17(15)18-14(4)10-8-12-16(18)20(22)24-6-2/h7-12H,5-6H2,1-4H3. The molecule has 0 bridgehead atoms. The first-order valence-corrected chi connectivity index (χ1v) is 8.05. The van der Waals surface area contributed by atoms with E-state index in [1.165, 1.54) is 0 Å². The Hall–Kier alpha value is -2.62. The van der Waals surface area contributed by atoms with Gasteiger partial charge in [-0.1, -0.05) is 24.3 Å². The summed E-state index contributed by atoms with van der Waals surface area (Å²) in [6.07, 6.45) is 0. The van der Waals surface area contributed by atoms with Crippen LogP contribution in [0.15, 0.2) is 36.4 Å². The zero-order valence-corrected chi connectivity index (χ0v) is 14.5. The van der Waals surface area contributed by atoms with Crippen molar-refractivity contribution in [3.63, 3.8) is 0 Å². The fourth-order valence-corrected chi connectivity index (χ4v) is 2.76. The normalized spacial score (nSPS) is 10.3. The van der Waals surface area contributed by atoms with Crippen LogP contribution in [0.25, 0.3) is 11.1 Å². The van der Waals surface area contributed by atoms with E-state index in [2.05, 4.69) is 0 Å². The molecule has 2 rings (SSSR count). The molecule has 0 fully saturated rings. The van der Waals surface area contributed by atoms with Crippen LogP contribution in [0.4, 0.5) is 0 Å².